The van der Waals surface area contributed by atoms with Gasteiger partial charge in [-0.3, -0.25) is 9.59 Å². The number of anilines is 1. The molecule has 1 amide bonds. The van der Waals surface area contributed by atoms with Gasteiger partial charge in [-0.05, 0) is 56.2 Å². The molecule has 0 aliphatic rings. The van der Waals surface area contributed by atoms with Crippen LogP contribution >= 0.6 is 0 Å². The number of amides is 1. The first kappa shape index (κ1) is 17.7. The molecule has 0 fully saturated rings. The van der Waals surface area contributed by atoms with Crippen molar-refractivity contribution in [2.24, 2.45) is 0 Å². The van der Waals surface area contributed by atoms with Crippen LogP contribution in [0.4, 0.5) is 5.69 Å². The number of nitrogens with one attached hydrogen (secondary N) is 1. The Bertz CT molecular complexity index is 955. The molecule has 6 heteroatoms. The van der Waals surface area contributed by atoms with Gasteiger partial charge in [-0.25, -0.2) is 4.98 Å². The van der Waals surface area contributed by atoms with E-state index in [2.05, 4.69) is 10.3 Å². The normalized spacial score (nSPS) is 10.7. The van der Waals surface area contributed by atoms with E-state index in [4.69, 9.17) is 4.74 Å². The highest BCUT2D eigenvalue weighted by atomic mass is 16.5. The summed E-state index contributed by atoms with van der Waals surface area (Å²) in [7, 11) is 0. The van der Waals surface area contributed by atoms with Gasteiger partial charge in [0.1, 0.15) is 12.4 Å². The first-order valence-electron chi connectivity index (χ1n) is 8.38. The summed E-state index contributed by atoms with van der Waals surface area (Å²) in [5.41, 5.74) is 4.49. The van der Waals surface area contributed by atoms with Crippen LogP contribution in [-0.4, -0.2) is 28.0 Å². The van der Waals surface area contributed by atoms with E-state index in [9.17, 15) is 9.59 Å². The van der Waals surface area contributed by atoms with Crippen LogP contribution < -0.4 is 5.32 Å². The zero-order valence-electron chi connectivity index (χ0n) is 15.1. The lowest BCUT2D eigenvalue weighted by atomic mass is 10.1. The minimum atomic E-state index is -0.480. The molecule has 0 saturated heterocycles. The number of aryl methyl sites for hydroxylation is 3. The van der Waals surface area contributed by atoms with Crippen molar-refractivity contribution in [1.29, 1.82) is 0 Å². The fourth-order valence-corrected chi connectivity index (χ4v) is 2.96. The van der Waals surface area contributed by atoms with Crippen molar-refractivity contribution < 1.29 is 14.3 Å². The zero-order chi connectivity index (χ0) is 18.7. The second kappa shape index (κ2) is 7.39. The van der Waals surface area contributed by atoms with Gasteiger partial charge in [-0.1, -0.05) is 18.2 Å². The van der Waals surface area contributed by atoms with Crippen LogP contribution in [0.15, 0.2) is 42.5 Å². The third-order valence-corrected chi connectivity index (χ3v) is 4.00. The van der Waals surface area contributed by atoms with Gasteiger partial charge < -0.3 is 14.6 Å². The Kier molecular flexibility index (Phi) is 5.02. The second-order valence-electron chi connectivity index (χ2n) is 6.32. The molecule has 1 heterocycles. The summed E-state index contributed by atoms with van der Waals surface area (Å²) >= 11 is 0. The highest BCUT2D eigenvalue weighted by molar-refractivity contribution is 5.93. The van der Waals surface area contributed by atoms with Gasteiger partial charge in [0, 0.05) is 5.69 Å². The Balaban J connectivity index is 1.58. The predicted octanol–water partition coefficient (Wildman–Crippen LogP) is 3.14. The summed E-state index contributed by atoms with van der Waals surface area (Å²) in [6.07, 6.45) is 0. The highest BCUT2D eigenvalue weighted by Gasteiger charge is 2.13. The molecule has 0 radical (unpaired) electrons. The monoisotopic (exact) mass is 351 g/mol. The van der Waals surface area contributed by atoms with Gasteiger partial charge in [0.2, 0.25) is 0 Å². The Morgan fingerprint density at radius 3 is 2.50 bits per heavy atom. The van der Waals surface area contributed by atoms with Crippen molar-refractivity contribution in [1.82, 2.24) is 9.55 Å². The molecule has 134 valence electrons. The lowest BCUT2D eigenvalue weighted by Gasteiger charge is -2.09. The van der Waals surface area contributed by atoms with E-state index in [-0.39, 0.29) is 19.1 Å². The van der Waals surface area contributed by atoms with Crippen molar-refractivity contribution in [3.05, 3.63) is 59.4 Å². The maximum atomic E-state index is 12.1. The number of carbonyl (C=O) groups excluding carboxylic acids is 2. The lowest BCUT2D eigenvalue weighted by Crippen LogP contribution is -2.23. The van der Waals surface area contributed by atoms with Crippen molar-refractivity contribution in [3.8, 4) is 0 Å². The van der Waals surface area contributed by atoms with E-state index in [1.54, 1.807) is 4.57 Å². The molecule has 3 rings (SSSR count). The number of ether oxygens (including phenoxy) is 1. The second-order valence-corrected chi connectivity index (χ2v) is 6.32. The minimum absolute atomic E-state index is 0.0170. The molecule has 0 atom stereocenters. The fraction of sp³-hybridized carbons (Fsp3) is 0.250. The zero-order valence-corrected chi connectivity index (χ0v) is 15.1. The van der Waals surface area contributed by atoms with Crippen molar-refractivity contribution in [3.63, 3.8) is 0 Å². The Labute approximate surface area is 151 Å². The van der Waals surface area contributed by atoms with Gasteiger partial charge in [0.05, 0.1) is 11.0 Å². The van der Waals surface area contributed by atoms with Crippen LogP contribution in [0, 0.1) is 20.8 Å². The molecule has 0 bridgehead atoms. The molecule has 0 aliphatic carbocycles. The van der Waals surface area contributed by atoms with Gasteiger partial charge in [-0.2, -0.15) is 0 Å². The number of rotatable bonds is 5. The van der Waals surface area contributed by atoms with E-state index in [1.807, 2.05) is 63.2 Å². The third-order valence-electron chi connectivity index (χ3n) is 4.00. The molecule has 2 aromatic carbocycles. The van der Waals surface area contributed by atoms with Crippen molar-refractivity contribution in [2.75, 3.05) is 11.9 Å². The summed E-state index contributed by atoms with van der Waals surface area (Å²) in [5, 5.41) is 2.74. The number of aromatic nitrogens is 2. The number of hydrogen-bond acceptors (Lipinski definition) is 4. The lowest BCUT2D eigenvalue weighted by molar-refractivity contribution is -0.147. The number of para-hydroxylation sites is 2. The fourth-order valence-electron chi connectivity index (χ4n) is 2.96. The molecule has 0 spiro atoms. The number of carbonyl (C=O) groups is 2. The summed E-state index contributed by atoms with van der Waals surface area (Å²) in [5.74, 6) is -0.120. The van der Waals surface area contributed by atoms with E-state index in [1.165, 1.54) is 0 Å². The predicted molar refractivity (Wildman–Crippen MR) is 100.0 cm³/mol. The van der Waals surface area contributed by atoms with E-state index in [0.29, 0.717) is 5.69 Å². The number of imidazole rings is 1. The summed E-state index contributed by atoms with van der Waals surface area (Å²) in [6.45, 7) is 5.45. The first-order chi connectivity index (χ1) is 12.4. The Morgan fingerprint density at radius 2 is 1.77 bits per heavy atom. The summed E-state index contributed by atoms with van der Waals surface area (Å²) in [6, 6.07) is 13.3. The average molecular weight is 351 g/mol. The number of benzene rings is 2. The smallest absolute Gasteiger partial charge is 0.326 e. The molecule has 3 aromatic rings. The standard InChI is InChI=1S/C20H21N3O3/c1-13-8-14(2)10-16(9-13)22-19(24)12-26-20(25)11-23-15(3)21-17-6-4-5-7-18(17)23/h4-10H,11-12H2,1-3H3,(H,22,24). The molecule has 26 heavy (non-hydrogen) atoms. The number of fused-ring (bicyclic) bond motifs is 1. The van der Waals surface area contributed by atoms with E-state index in [0.717, 1.165) is 28.0 Å². The third kappa shape index (κ3) is 4.08. The van der Waals surface area contributed by atoms with Crippen molar-refractivity contribution >= 4 is 28.6 Å². The van der Waals surface area contributed by atoms with Gasteiger partial charge in [-0.15, -0.1) is 0 Å². The topological polar surface area (TPSA) is 73.2 Å². The summed E-state index contributed by atoms with van der Waals surface area (Å²) < 4.78 is 6.89. The molecule has 1 aromatic heterocycles. The molecule has 0 aliphatic heterocycles. The molecule has 0 unspecified atom stereocenters. The minimum Gasteiger partial charge on any atom is -0.454 e. The van der Waals surface area contributed by atoms with Crippen LogP contribution in [0.25, 0.3) is 11.0 Å². The van der Waals surface area contributed by atoms with Crippen LogP contribution in [0.2, 0.25) is 0 Å². The summed E-state index contributed by atoms with van der Waals surface area (Å²) in [4.78, 5) is 28.5. The Morgan fingerprint density at radius 1 is 1.08 bits per heavy atom. The number of hydrogen-bond donors (Lipinski definition) is 1. The Hall–Kier alpha value is -3.15. The molecule has 0 saturated carbocycles. The number of esters is 1. The van der Waals surface area contributed by atoms with Crippen LogP contribution in [-0.2, 0) is 20.9 Å². The maximum Gasteiger partial charge on any atom is 0.326 e. The highest BCUT2D eigenvalue weighted by Crippen LogP contribution is 2.16. The molecule has 6 nitrogen and oxygen atoms in total. The van der Waals surface area contributed by atoms with Crippen molar-refractivity contribution in [2.45, 2.75) is 27.3 Å². The molecular weight excluding hydrogens is 330 g/mol. The van der Waals surface area contributed by atoms with Crippen LogP contribution in [0.1, 0.15) is 17.0 Å². The molecular formula is C20H21N3O3. The maximum absolute atomic E-state index is 12.1. The van der Waals surface area contributed by atoms with Crippen LogP contribution in [0.3, 0.4) is 0 Å². The molecule has 1 N–H and O–H groups in total. The first-order valence-corrected chi connectivity index (χ1v) is 8.38. The van der Waals surface area contributed by atoms with Crippen LogP contribution in [0.5, 0.6) is 0 Å². The van der Waals surface area contributed by atoms with Gasteiger partial charge >= 0.3 is 5.97 Å². The largest absolute Gasteiger partial charge is 0.454 e. The van der Waals surface area contributed by atoms with E-state index >= 15 is 0 Å². The average Bonchev–Trinajstić information content (AvgIpc) is 2.88. The van der Waals surface area contributed by atoms with E-state index < -0.39 is 5.97 Å². The van der Waals surface area contributed by atoms with Gasteiger partial charge in [0.25, 0.3) is 5.91 Å². The number of nitrogens with zero attached hydrogens (tertiary/aromatic N) is 2. The quantitative estimate of drug-likeness (QED) is 0.717. The van der Waals surface area contributed by atoms with Gasteiger partial charge in [0.15, 0.2) is 6.61 Å². The SMILES string of the molecule is Cc1cc(C)cc(NC(=O)COC(=O)Cn2c(C)nc3ccccc32)c1.